The molecule has 0 fully saturated rings. The molecule has 0 bridgehead atoms. The summed E-state index contributed by atoms with van der Waals surface area (Å²) in [4.78, 5) is 21.3. The third-order valence-corrected chi connectivity index (χ3v) is 2.21. The minimum absolute atomic E-state index is 0.130. The summed E-state index contributed by atoms with van der Waals surface area (Å²) < 4.78 is 0. The van der Waals surface area contributed by atoms with E-state index in [1.54, 1.807) is 6.92 Å². The number of carbonyl (C=O) groups is 2. The van der Waals surface area contributed by atoms with E-state index in [9.17, 15) is 9.59 Å². The fraction of sp³-hybridized carbons (Fsp3) is 0.846. The average molecular weight is 214 g/mol. The van der Waals surface area contributed by atoms with Gasteiger partial charge in [0.1, 0.15) is 11.6 Å². The molecule has 0 rings (SSSR count). The topological polar surface area (TPSA) is 34.1 Å². The van der Waals surface area contributed by atoms with Crippen molar-refractivity contribution in [2.45, 2.75) is 61.8 Å². The van der Waals surface area contributed by atoms with Crippen LogP contribution in [0.2, 0.25) is 0 Å². The van der Waals surface area contributed by atoms with E-state index in [0.717, 1.165) is 0 Å². The number of hydrogen-bond donors (Lipinski definition) is 0. The minimum atomic E-state index is -0.139. The van der Waals surface area contributed by atoms with E-state index in [-0.39, 0.29) is 16.6 Å². The van der Waals surface area contributed by atoms with Crippen molar-refractivity contribution in [3.05, 3.63) is 0 Å². The van der Waals surface area contributed by atoms with Gasteiger partial charge in [0, 0.05) is 17.3 Å². The second kappa shape index (κ2) is 6.04. The highest BCUT2D eigenvalue weighted by molar-refractivity contribution is 5.83. The molecule has 0 amide bonds. The maximum absolute atomic E-state index is 10.8. The van der Waals surface area contributed by atoms with E-state index in [0.29, 0.717) is 12.2 Å². The first kappa shape index (κ1) is 16.8. The van der Waals surface area contributed by atoms with Crippen LogP contribution in [0, 0.1) is 10.8 Å². The van der Waals surface area contributed by atoms with Crippen molar-refractivity contribution in [3.8, 4) is 0 Å². The zero-order chi connectivity index (χ0) is 12.9. The zero-order valence-electron chi connectivity index (χ0n) is 11.5. The Morgan fingerprint density at radius 1 is 0.867 bits per heavy atom. The molecule has 90 valence electrons. The van der Waals surface area contributed by atoms with Gasteiger partial charge in [0.2, 0.25) is 0 Å². The second-order valence-electron chi connectivity index (χ2n) is 5.83. The van der Waals surface area contributed by atoms with Crippen LogP contribution < -0.4 is 0 Å². The highest BCUT2D eigenvalue weighted by Crippen LogP contribution is 2.15. The van der Waals surface area contributed by atoms with Crippen LogP contribution in [0.4, 0.5) is 0 Å². The second-order valence-corrected chi connectivity index (χ2v) is 5.83. The van der Waals surface area contributed by atoms with E-state index in [4.69, 9.17) is 0 Å². The lowest BCUT2D eigenvalue weighted by Crippen LogP contribution is -2.18. The first-order chi connectivity index (χ1) is 6.42. The predicted molar refractivity (Wildman–Crippen MR) is 64.9 cm³/mol. The smallest absolute Gasteiger partial charge is 0.137 e. The van der Waals surface area contributed by atoms with Gasteiger partial charge in [0.15, 0.2) is 0 Å². The number of hydrogen-bond acceptors (Lipinski definition) is 2. The van der Waals surface area contributed by atoms with Crippen LogP contribution in [0.15, 0.2) is 0 Å². The summed E-state index contributed by atoms with van der Waals surface area (Å²) in [6, 6.07) is 0. The van der Waals surface area contributed by atoms with E-state index in [1.807, 2.05) is 48.5 Å². The molecule has 0 radical (unpaired) electrons. The molecule has 0 aliphatic carbocycles. The number of rotatable bonds is 1. The molecule has 0 aliphatic heterocycles. The summed E-state index contributed by atoms with van der Waals surface area (Å²) in [6.07, 6.45) is 0.656. The first-order valence-electron chi connectivity index (χ1n) is 5.47. The number of Topliss-reactive ketones (excluding diaryl/α,β-unsaturated/α-hetero) is 2. The van der Waals surface area contributed by atoms with Crippen LogP contribution in [0.5, 0.6) is 0 Å². The number of carbonyl (C=O) groups excluding carboxylic acids is 2. The van der Waals surface area contributed by atoms with Crippen molar-refractivity contribution in [3.63, 3.8) is 0 Å². The molecule has 0 unspecified atom stereocenters. The molecular weight excluding hydrogens is 188 g/mol. The van der Waals surface area contributed by atoms with Crippen LogP contribution in [0.25, 0.3) is 0 Å². The molecule has 15 heavy (non-hydrogen) atoms. The summed E-state index contributed by atoms with van der Waals surface area (Å²) in [6.45, 7) is 15.1. The molecule has 0 aromatic heterocycles. The quantitative estimate of drug-likeness (QED) is 0.668. The molecule has 0 saturated heterocycles. The van der Waals surface area contributed by atoms with Gasteiger partial charge < -0.3 is 0 Å². The Bertz CT molecular complexity index is 214. The fourth-order valence-electron chi connectivity index (χ4n) is 0.530. The van der Waals surface area contributed by atoms with Crippen LogP contribution in [-0.2, 0) is 9.59 Å². The Morgan fingerprint density at radius 2 is 1.13 bits per heavy atom. The molecule has 0 heterocycles. The molecule has 0 aromatic carbocycles. The first-order valence-corrected chi connectivity index (χ1v) is 5.47. The van der Waals surface area contributed by atoms with Gasteiger partial charge in [-0.25, -0.2) is 0 Å². The minimum Gasteiger partial charge on any atom is -0.299 e. The third-order valence-electron chi connectivity index (χ3n) is 2.21. The van der Waals surface area contributed by atoms with Crippen LogP contribution in [0.1, 0.15) is 61.8 Å². The van der Waals surface area contributed by atoms with E-state index in [1.165, 1.54) is 0 Å². The molecular formula is C13H26O2. The van der Waals surface area contributed by atoms with E-state index < -0.39 is 0 Å². The molecule has 0 atom stereocenters. The highest BCUT2D eigenvalue weighted by Gasteiger charge is 2.17. The molecule has 0 aliphatic rings. The Labute approximate surface area is 94.4 Å². The summed E-state index contributed by atoms with van der Waals surface area (Å²) in [7, 11) is 0. The van der Waals surface area contributed by atoms with Crippen molar-refractivity contribution < 1.29 is 9.59 Å². The van der Waals surface area contributed by atoms with Crippen molar-refractivity contribution in [2.24, 2.45) is 10.8 Å². The third kappa shape index (κ3) is 9.64. The van der Waals surface area contributed by atoms with Gasteiger partial charge in [0.25, 0.3) is 0 Å². The largest absolute Gasteiger partial charge is 0.299 e. The zero-order valence-corrected chi connectivity index (χ0v) is 11.5. The monoisotopic (exact) mass is 214 g/mol. The molecule has 0 aromatic rings. The van der Waals surface area contributed by atoms with Crippen molar-refractivity contribution in [2.75, 3.05) is 0 Å². The lowest BCUT2D eigenvalue weighted by molar-refractivity contribution is -0.126. The standard InChI is InChI=1S/C7H14O.C6H12O/c1-5-6(8)7(2,3)4;1-5(7)6(2,3)4/h5H2,1-4H3;1-4H3. The van der Waals surface area contributed by atoms with E-state index >= 15 is 0 Å². The van der Waals surface area contributed by atoms with E-state index in [2.05, 4.69) is 0 Å². The molecule has 0 N–H and O–H groups in total. The van der Waals surface area contributed by atoms with Crippen molar-refractivity contribution in [1.29, 1.82) is 0 Å². The SMILES string of the molecule is CC(=O)C(C)(C)C.CCC(=O)C(C)(C)C. The highest BCUT2D eigenvalue weighted by atomic mass is 16.1. The summed E-state index contributed by atoms with van der Waals surface area (Å²) in [5, 5.41) is 0. The Hall–Kier alpha value is -0.660. The Morgan fingerprint density at radius 3 is 1.13 bits per heavy atom. The van der Waals surface area contributed by atoms with Crippen molar-refractivity contribution in [1.82, 2.24) is 0 Å². The Kier molecular flexibility index (Phi) is 6.75. The fourth-order valence-corrected chi connectivity index (χ4v) is 0.530. The summed E-state index contributed by atoms with van der Waals surface area (Å²) >= 11 is 0. The summed E-state index contributed by atoms with van der Waals surface area (Å²) in [5.41, 5.74) is -0.269. The maximum Gasteiger partial charge on any atom is 0.137 e. The lowest BCUT2D eigenvalue weighted by atomic mass is 9.90. The maximum atomic E-state index is 10.8. The van der Waals surface area contributed by atoms with Gasteiger partial charge in [-0.05, 0) is 6.92 Å². The van der Waals surface area contributed by atoms with Crippen LogP contribution >= 0.6 is 0 Å². The molecule has 0 saturated carbocycles. The summed E-state index contributed by atoms with van der Waals surface area (Å²) in [5.74, 6) is 0.574. The van der Waals surface area contributed by atoms with Crippen LogP contribution in [0.3, 0.4) is 0 Å². The van der Waals surface area contributed by atoms with Gasteiger partial charge in [-0.2, -0.15) is 0 Å². The van der Waals surface area contributed by atoms with Gasteiger partial charge >= 0.3 is 0 Å². The average Bonchev–Trinajstić information content (AvgIpc) is 2.00. The van der Waals surface area contributed by atoms with Gasteiger partial charge in [-0.15, -0.1) is 0 Å². The van der Waals surface area contributed by atoms with Crippen LogP contribution in [-0.4, -0.2) is 11.6 Å². The van der Waals surface area contributed by atoms with Crippen molar-refractivity contribution >= 4 is 11.6 Å². The molecule has 2 heteroatoms. The van der Waals surface area contributed by atoms with Gasteiger partial charge in [-0.1, -0.05) is 48.5 Å². The Balaban J connectivity index is 0. The predicted octanol–water partition coefficient (Wildman–Crippen LogP) is 3.63. The number of ketones is 2. The molecule has 2 nitrogen and oxygen atoms in total. The normalized spacial score (nSPS) is 11.5. The molecule has 0 spiro atoms. The van der Waals surface area contributed by atoms with Gasteiger partial charge in [0.05, 0.1) is 0 Å². The lowest BCUT2D eigenvalue weighted by Gasteiger charge is -2.13. The van der Waals surface area contributed by atoms with Gasteiger partial charge in [-0.3, -0.25) is 9.59 Å².